The van der Waals surface area contributed by atoms with E-state index in [2.05, 4.69) is 22.5 Å². The van der Waals surface area contributed by atoms with Crippen molar-refractivity contribution in [3.05, 3.63) is 36.0 Å². The third-order valence-electron chi connectivity index (χ3n) is 3.96. The molecule has 6 nitrogen and oxygen atoms in total. The Hall–Kier alpha value is -1.73. The van der Waals surface area contributed by atoms with Crippen LogP contribution < -0.4 is 10.6 Å². The smallest absolute Gasteiger partial charge is 0.287 e. The molecule has 23 heavy (non-hydrogen) atoms. The van der Waals surface area contributed by atoms with Gasteiger partial charge in [0.05, 0.1) is 5.75 Å². The summed E-state index contributed by atoms with van der Waals surface area (Å²) in [6.07, 6.45) is 5.58. The maximum absolute atomic E-state index is 12.3. The summed E-state index contributed by atoms with van der Waals surface area (Å²) in [5.41, 5.74) is 0. The Labute approximate surface area is 140 Å². The van der Waals surface area contributed by atoms with E-state index in [4.69, 9.17) is 4.42 Å². The predicted octanol–water partition coefficient (Wildman–Crippen LogP) is 2.18. The molecule has 2 atom stereocenters. The van der Waals surface area contributed by atoms with E-state index in [1.807, 2.05) is 23.9 Å². The van der Waals surface area contributed by atoms with Gasteiger partial charge in [0.15, 0.2) is 10.9 Å². The van der Waals surface area contributed by atoms with Crippen LogP contribution in [0.1, 0.15) is 36.1 Å². The van der Waals surface area contributed by atoms with Gasteiger partial charge in [-0.15, -0.1) is 0 Å². The van der Waals surface area contributed by atoms with Crippen LogP contribution in [-0.4, -0.2) is 34.1 Å². The van der Waals surface area contributed by atoms with Gasteiger partial charge in [-0.05, 0) is 38.4 Å². The van der Waals surface area contributed by atoms with E-state index >= 15 is 0 Å². The normalized spacial score (nSPS) is 21.3. The molecular formula is C16H22N4O2S. The molecule has 0 saturated carbocycles. The summed E-state index contributed by atoms with van der Waals surface area (Å²) in [6, 6.07) is 4.26. The van der Waals surface area contributed by atoms with Crippen molar-refractivity contribution in [2.24, 2.45) is 7.05 Å². The molecule has 0 aromatic carbocycles. The number of carbonyl (C=O) groups excluding carboxylic acids is 1. The van der Waals surface area contributed by atoms with Crippen LogP contribution in [-0.2, 0) is 12.8 Å². The lowest BCUT2D eigenvalue weighted by atomic mass is 10.0. The Morgan fingerprint density at radius 3 is 3.17 bits per heavy atom. The van der Waals surface area contributed by atoms with Crippen LogP contribution in [0.4, 0.5) is 0 Å². The van der Waals surface area contributed by atoms with E-state index in [9.17, 15) is 4.79 Å². The van der Waals surface area contributed by atoms with Crippen molar-refractivity contribution in [1.29, 1.82) is 0 Å². The molecule has 2 aromatic rings. The fourth-order valence-corrected chi connectivity index (χ4v) is 3.55. The Morgan fingerprint density at radius 1 is 1.57 bits per heavy atom. The van der Waals surface area contributed by atoms with Crippen molar-refractivity contribution in [2.75, 3.05) is 6.54 Å². The molecule has 0 spiro atoms. The maximum Gasteiger partial charge on any atom is 0.287 e. The molecule has 1 aliphatic heterocycles. The van der Waals surface area contributed by atoms with Crippen molar-refractivity contribution in [3.63, 3.8) is 0 Å². The first-order valence-electron chi connectivity index (χ1n) is 7.85. The molecule has 0 bridgehead atoms. The lowest BCUT2D eigenvalue weighted by Gasteiger charge is -2.28. The molecule has 1 amide bonds. The summed E-state index contributed by atoms with van der Waals surface area (Å²) in [7, 11) is 1.95. The molecule has 1 saturated heterocycles. The van der Waals surface area contributed by atoms with E-state index in [-0.39, 0.29) is 11.9 Å². The highest BCUT2D eigenvalue weighted by atomic mass is 32.2. The van der Waals surface area contributed by atoms with Crippen molar-refractivity contribution >= 4 is 17.7 Å². The second-order valence-corrected chi connectivity index (χ2v) is 6.87. The van der Waals surface area contributed by atoms with Gasteiger partial charge in [-0.1, -0.05) is 11.8 Å². The zero-order chi connectivity index (χ0) is 16.2. The number of piperidine rings is 1. The number of furan rings is 1. The monoisotopic (exact) mass is 334 g/mol. The number of amides is 1. The highest BCUT2D eigenvalue weighted by Crippen LogP contribution is 2.22. The number of thioether (sulfide) groups is 1. The number of hydrogen-bond donors (Lipinski definition) is 2. The molecular weight excluding hydrogens is 312 g/mol. The number of aryl methyl sites for hydroxylation is 1. The number of carbonyl (C=O) groups is 1. The summed E-state index contributed by atoms with van der Waals surface area (Å²) in [5, 5.41) is 7.37. The van der Waals surface area contributed by atoms with Gasteiger partial charge in [0.25, 0.3) is 5.91 Å². The van der Waals surface area contributed by atoms with Gasteiger partial charge in [0.1, 0.15) is 5.76 Å². The van der Waals surface area contributed by atoms with E-state index in [0.717, 1.165) is 30.3 Å². The number of nitrogens with zero attached hydrogens (tertiary/aromatic N) is 2. The Morgan fingerprint density at radius 2 is 2.43 bits per heavy atom. The van der Waals surface area contributed by atoms with Gasteiger partial charge in [-0.3, -0.25) is 4.79 Å². The lowest BCUT2D eigenvalue weighted by molar-refractivity contribution is 0.0896. The standard InChI is InChI=1S/C16H22N4O2S/c1-11-9-12(5-6-17-11)19-15(21)14-4-3-13(22-14)10-23-16-18-7-8-20(16)2/h3-4,7-8,11-12,17H,5-6,9-10H2,1-2H3,(H,19,21). The van der Waals surface area contributed by atoms with Crippen molar-refractivity contribution in [1.82, 2.24) is 20.2 Å². The molecule has 2 unspecified atom stereocenters. The summed E-state index contributed by atoms with van der Waals surface area (Å²) >= 11 is 1.59. The lowest BCUT2D eigenvalue weighted by Crippen LogP contribution is -2.46. The Bertz CT molecular complexity index is 667. The number of aromatic nitrogens is 2. The molecule has 1 aliphatic rings. The van der Waals surface area contributed by atoms with Gasteiger partial charge < -0.3 is 19.6 Å². The number of hydrogen-bond acceptors (Lipinski definition) is 5. The first-order valence-corrected chi connectivity index (χ1v) is 8.83. The van der Waals surface area contributed by atoms with Crippen molar-refractivity contribution in [3.8, 4) is 0 Å². The van der Waals surface area contributed by atoms with Gasteiger partial charge in [-0.25, -0.2) is 4.98 Å². The molecule has 3 heterocycles. The van der Waals surface area contributed by atoms with Crippen LogP contribution in [0, 0.1) is 0 Å². The van der Waals surface area contributed by atoms with Crippen molar-refractivity contribution in [2.45, 2.75) is 42.8 Å². The van der Waals surface area contributed by atoms with Crippen LogP contribution in [0.5, 0.6) is 0 Å². The predicted molar refractivity (Wildman–Crippen MR) is 89.4 cm³/mol. The molecule has 3 rings (SSSR count). The minimum absolute atomic E-state index is 0.127. The van der Waals surface area contributed by atoms with Crippen molar-refractivity contribution < 1.29 is 9.21 Å². The van der Waals surface area contributed by atoms with Crippen LogP contribution in [0.15, 0.2) is 34.1 Å². The largest absolute Gasteiger partial charge is 0.455 e. The average molecular weight is 334 g/mol. The summed E-state index contributed by atoms with van der Waals surface area (Å²) in [4.78, 5) is 16.5. The third kappa shape index (κ3) is 4.17. The molecule has 0 aliphatic carbocycles. The third-order valence-corrected chi connectivity index (χ3v) is 5.05. The fraction of sp³-hybridized carbons (Fsp3) is 0.500. The SMILES string of the molecule is CC1CC(NC(=O)c2ccc(CSc3nccn3C)o2)CCN1. The Balaban J connectivity index is 1.53. The number of nitrogens with one attached hydrogen (secondary N) is 2. The summed E-state index contributed by atoms with van der Waals surface area (Å²) in [5.74, 6) is 1.69. The molecule has 124 valence electrons. The van der Waals surface area contributed by atoms with E-state index in [1.54, 1.807) is 24.0 Å². The fourth-order valence-electron chi connectivity index (χ4n) is 2.72. The zero-order valence-corrected chi connectivity index (χ0v) is 14.2. The quantitative estimate of drug-likeness (QED) is 0.820. The van der Waals surface area contributed by atoms with Crippen LogP contribution in [0.2, 0.25) is 0 Å². The van der Waals surface area contributed by atoms with E-state index in [0.29, 0.717) is 17.6 Å². The maximum atomic E-state index is 12.3. The minimum atomic E-state index is -0.127. The van der Waals surface area contributed by atoms with Gasteiger partial charge in [-0.2, -0.15) is 0 Å². The van der Waals surface area contributed by atoms with E-state index < -0.39 is 0 Å². The first kappa shape index (κ1) is 16.1. The number of imidazole rings is 1. The molecule has 0 radical (unpaired) electrons. The van der Waals surface area contributed by atoms with E-state index in [1.165, 1.54) is 0 Å². The molecule has 2 N–H and O–H groups in total. The molecule has 2 aromatic heterocycles. The summed E-state index contributed by atoms with van der Waals surface area (Å²) < 4.78 is 7.62. The Kier molecular flexibility index (Phi) is 5.07. The van der Waals surface area contributed by atoms with Gasteiger partial charge in [0, 0.05) is 31.5 Å². The van der Waals surface area contributed by atoms with Crippen LogP contribution in [0.25, 0.3) is 0 Å². The molecule has 7 heteroatoms. The minimum Gasteiger partial charge on any atom is -0.455 e. The molecule has 1 fully saturated rings. The highest BCUT2D eigenvalue weighted by Gasteiger charge is 2.21. The van der Waals surface area contributed by atoms with Gasteiger partial charge >= 0.3 is 0 Å². The second-order valence-electron chi connectivity index (χ2n) is 5.93. The first-order chi connectivity index (χ1) is 11.1. The summed E-state index contributed by atoms with van der Waals surface area (Å²) in [6.45, 7) is 3.08. The van der Waals surface area contributed by atoms with Crippen LogP contribution >= 0.6 is 11.8 Å². The average Bonchev–Trinajstić information content (AvgIpc) is 3.14. The topological polar surface area (TPSA) is 72.1 Å². The highest BCUT2D eigenvalue weighted by molar-refractivity contribution is 7.98. The van der Waals surface area contributed by atoms with Crippen LogP contribution in [0.3, 0.4) is 0 Å². The second kappa shape index (κ2) is 7.23. The van der Waals surface area contributed by atoms with Gasteiger partial charge in [0.2, 0.25) is 0 Å². The zero-order valence-electron chi connectivity index (χ0n) is 13.4. The number of rotatable bonds is 5.